The summed E-state index contributed by atoms with van der Waals surface area (Å²) in [4.78, 5) is 11.8. The highest BCUT2D eigenvalue weighted by Gasteiger charge is 2.41. The summed E-state index contributed by atoms with van der Waals surface area (Å²) >= 11 is 0. The Morgan fingerprint density at radius 3 is 2.67 bits per heavy atom. The second kappa shape index (κ2) is 4.37. The van der Waals surface area contributed by atoms with Gasteiger partial charge in [0.25, 0.3) is 0 Å². The van der Waals surface area contributed by atoms with Crippen molar-refractivity contribution in [3.8, 4) is 0 Å². The zero-order valence-corrected chi connectivity index (χ0v) is 10.3. The van der Waals surface area contributed by atoms with Gasteiger partial charge in [-0.2, -0.15) is 0 Å². The summed E-state index contributed by atoms with van der Waals surface area (Å²) in [6.07, 6.45) is 0.424. The summed E-state index contributed by atoms with van der Waals surface area (Å²) in [6, 6.07) is 7.85. The predicted molar refractivity (Wildman–Crippen MR) is 64.0 cm³/mol. The zero-order valence-electron chi connectivity index (χ0n) is 10.3. The number of esters is 1. The van der Waals surface area contributed by atoms with Gasteiger partial charge in [0.1, 0.15) is 0 Å². The first kappa shape index (κ1) is 11.7. The van der Waals surface area contributed by atoms with Crippen molar-refractivity contribution in [2.45, 2.75) is 25.0 Å². The molecular weight excluding hydrogens is 232 g/mol. The van der Waals surface area contributed by atoms with Crippen LogP contribution in [0.2, 0.25) is 0 Å². The van der Waals surface area contributed by atoms with E-state index >= 15 is 0 Å². The molecule has 1 aromatic rings. The van der Waals surface area contributed by atoms with Crippen LogP contribution in [0.5, 0.6) is 0 Å². The highest BCUT2D eigenvalue weighted by Crippen LogP contribution is 2.35. The van der Waals surface area contributed by atoms with Crippen LogP contribution in [0.4, 0.5) is 0 Å². The van der Waals surface area contributed by atoms with E-state index in [9.17, 15) is 4.79 Å². The van der Waals surface area contributed by atoms with E-state index < -0.39 is 5.41 Å². The first-order valence-electron chi connectivity index (χ1n) is 6.21. The van der Waals surface area contributed by atoms with E-state index in [0.29, 0.717) is 19.8 Å². The minimum Gasteiger partial charge on any atom is -0.465 e. The maximum Gasteiger partial charge on any atom is 0.316 e. The number of hydrogen-bond donors (Lipinski definition) is 0. The first-order chi connectivity index (χ1) is 8.70. The van der Waals surface area contributed by atoms with E-state index in [1.165, 1.54) is 0 Å². The molecule has 2 fully saturated rings. The average molecular weight is 248 g/mol. The largest absolute Gasteiger partial charge is 0.465 e. The number of ether oxygens (including phenoxy) is 3. The van der Waals surface area contributed by atoms with Crippen molar-refractivity contribution in [2.75, 3.05) is 19.8 Å². The molecule has 2 aliphatic rings. The third-order valence-corrected chi connectivity index (χ3v) is 3.70. The average Bonchev–Trinajstić information content (AvgIpc) is 3.02. The summed E-state index contributed by atoms with van der Waals surface area (Å²) in [7, 11) is 0. The molecule has 2 aliphatic heterocycles. The third-order valence-electron chi connectivity index (χ3n) is 3.70. The Kier molecular flexibility index (Phi) is 2.84. The topological polar surface area (TPSA) is 44.8 Å². The first-order valence-corrected chi connectivity index (χ1v) is 6.21. The normalized spacial score (nSPS) is 28.6. The fourth-order valence-corrected chi connectivity index (χ4v) is 2.45. The molecule has 0 radical (unpaired) electrons. The molecule has 0 aromatic heterocycles. The van der Waals surface area contributed by atoms with Crippen molar-refractivity contribution < 1.29 is 19.0 Å². The number of cyclic esters (lactones) is 1. The standard InChI is InChI=1S/C14H16O4/c1-14(5-6-18-13(14)15)11-4-2-3-10(9-11)12-16-7-8-17-12/h2-4,9,12H,5-8H2,1H3. The molecular formula is C14H16O4. The predicted octanol–water partition coefficient (Wildman–Crippen LogP) is 1.94. The monoisotopic (exact) mass is 248 g/mol. The molecule has 0 spiro atoms. The van der Waals surface area contributed by atoms with E-state index in [1.54, 1.807) is 0 Å². The lowest BCUT2D eigenvalue weighted by atomic mass is 9.81. The molecule has 3 rings (SSSR count). The van der Waals surface area contributed by atoms with Crippen molar-refractivity contribution in [3.05, 3.63) is 35.4 Å². The van der Waals surface area contributed by atoms with Crippen LogP contribution in [0.1, 0.15) is 30.8 Å². The highest BCUT2D eigenvalue weighted by atomic mass is 16.7. The molecule has 0 N–H and O–H groups in total. The maximum absolute atomic E-state index is 11.8. The van der Waals surface area contributed by atoms with Crippen LogP contribution in [0.3, 0.4) is 0 Å². The highest BCUT2D eigenvalue weighted by molar-refractivity contribution is 5.84. The zero-order chi connectivity index (χ0) is 12.6. The summed E-state index contributed by atoms with van der Waals surface area (Å²) < 4.78 is 16.0. The van der Waals surface area contributed by atoms with Gasteiger partial charge in [-0.05, 0) is 18.6 Å². The molecule has 0 bridgehead atoms. The number of rotatable bonds is 2. The van der Waals surface area contributed by atoms with Crippen LogP contribution >= 0.6 is 0 Å². The Morgan fingerprint density at radius 2 is 2.00 bits per heavy atom. The van der Waals surface area contributed by atoms with Gasteiger partial charge in [-0.15, -0.1) is 0 Å². The second-order valence-corrected chi connectivity index (χ2v) is 4.92. The molecule has 1 unspecified atom stereocenters. The van der Waals surface area contributed by atoms with Gasteiger partial charge in [-0.25, -0.2) is 0 Å². The van der Waals surface area contributed by atoms with Crippen LogP contribution in [0, 0.1) is 0 Å². The van der Waals surface area contributed by atoms with Crippen molar-refractivity contribution in [3.63, 3.8) is 0 Å². The molecule has 96 valence electrons. The quantitative estimate of drug-likeness (QED) is 0.750. The lowest BCUT2D eigenvalue weighted by molar-refractivity contribution is -0.142. The smallest absolute Gasteiger partial charge is 0.316 e. The summed E-state index contributed by atoms with van der Waals surface area (Å²) in [5.74, 6) is -0.145. The number of carbonyl (C=O) groups is 1. The lowest BCUT2D eigenvalue weighted by Gasteiger charge is -2.21. The number of benzene rings is 1. The van der Waals surface area contributed by atoms with Gasteiger partial charge in [0.05, 0.1) is 25.2 Å². The Bertz CT molecular complexity index is 465. The van der Waals surface area contributed by atoms with Crippen LogP contribution < -0.4 is 0 Å². The number of carbonyl (C=O) groups excluding carboxylic acids is 1. The third kappa shape index (κ3) is 1.82. The molecule has 1 atom stereocenters. The van der Waals surface area contributed by atoms with E-state index in [-0.39, 0.29) is 12.3 Å². The molecule has 0 aliphatic carbocycles. The van der Waals surface area contributed by atoms with E-state index in [0.717, 1.165) is 17.5 Å². The van der Waals surface area contributed by atoms with Gasteiger partial charge in [0.2, 0.25) is 0 Å². The Hall–Kier alpha value is -1.39. The second-order valence-electron chi connectivity index (χ2n) is 4.92. The maximum atomic E-state index is 11.8. The lowest BCUT2D eigenvalue weighted by Crippen LogP contribution is -2.27. The van der Waals surface area contributed by atoms with Gasteiger partial charge >= 0.3 is 5.97 Å². The summed E-state index contributed by atoms with van der Waals surface area (Å²) in [6.45, 7) is 3.66. The molecule has 0 saturated carbocycles. The molecule has 0 amide bonds. The fourth-order valence-electron chi connectivity index (χ4n) is 2.45. The molecule has 4 nitrogen and oxygen atoms in total. The van der Waals surface area contributed by atoms with Crippen LogP contribution in [-0.4, -0.2) is 25.8 Å². The van der Waals surface area contributed by atoms with E-state index in [1.807, 2.05) is 31.2 Å². The van der Waals surface area contributed by atoms with Gasteiger partial charge in [0, 0.05) is 12.0 Å². The van der Waals surface area contributed by atoms with Crippen LogP contribution in [-0.2, 0) is 24.4 Å². The van der Waals surface area contributed by atoms with E-state index in [2.05, 4.69) is 0 Å². The Morgan fingerprint density at radius 1 is 1.22 bits per heavy atom. The molecule has 2 saturated heterocycles. The van der Waals surface area contributed by atoms with Gasteiger partial charge < -0.3 is 14.2 Å². The van der Waals surface area contributed by atoms with Gasteiger partial charge in [-0.1, -0.05) is 18.2 Å². The Balaban J connectivity index is 1.93. The minimum atomic E-state index is -0.533. The summed E-state index contributed by atoms with van der Waals surface area (Å²) in [5, 5.41) is 0. The van der Waals surface area contributed by atoms with Crippen molar-refractivity contribution in [2.24, 2.45) is 0 Å². The molecule has 18 heavy (non-hydrogen) atoms. The summed E-state index contributed by atoms with van der Waals surface area (Å²) in [5.41, 5.74) is 1.40. The SMILES string of the molecule is CC1(c2cccc(C3OCCO3)c2)CCOC1=O. The van der Waals surface area contributed by atoms with E-state index in [4.69, 9.17) is 14.2 Å². The van der Waals surface area contributed by atoms with Gasteiger partial charge in [-0.3, -0.25) is 4.79 Å². The van der Waals surface area contributed by atoms with Crippen LogP contribution in [0.25, 0.3) is 0 Å². The fraction of sp³-hybridized carbons (Fsp3) is 0.500. The molecule has 2 heterocycles. The van der Waals surface area contributed by atoms with Gasteiger partial charge in [0.15, 0.2) is 6.29 Å². The van der Waals surface area contributed by atoms with Crippen molar-refractivity contribution in [1.29, 1.82) is 0 Å². The molecule has 4 heteroatoms. The minimum absolute atomic E-state index is 0.145. The van der Waals surface area contributed by atoms with Crippen molar-refractivity contribution >= 4 is 5.97 Å². The Labute approximate surface area is 106 Å². The van der Waals surface area contributed by atoms with Crippen molar-refractivity contribution in [1.82, 2.24) is 0 Å². The molecule has 1 aromatic carbocycles. The number of hydrogen-bond acceptors (Lipinski definition) is 4. The van der Waals surface area contributed by atoms with Crippen LogP contribution in [0.15, 0.2) is 24.3 Å².